The average Bonchev–Trinajstić information content (AvgIpc) is 2.72. The van der Waals surface area contributed by atoms with Gasteiger partial charge in [-0.05, 0) is 50.4 Å². The van der Waals surface area contributed by atoms with E-state index in [1.165, 1.54) is 32.2 Å². The molecule has 1 aliphatic rings. The number of hydrogen-bond acceptors (Lipinski definition) is 4. The SMILES string of the molecule is CCNC(=NCC(O)c1ccc(OC)cc1)NCCN1CCCCC1CC. The Morgan fingerprint density at radius 3 is 2.70 bits per heavy atom. The van der Waals surface area contributed by atoms with Gasteiger partial charge in [-0.25, -0.2) is 0 Å². The molecule has 6 heteroatoms. The zero-order chi connectivity index (χ0) is 19.5. The summed E-state index contributed by atoms with van der Waals surface area (Å²) in [5.41, 5.74) is 0.842. The van der Waals surface area contributed by atoms with Gasteiger partial charge in [-0.3, -0.25) is 9.89 Å². The van der Waals surface area contributed by atoms with E-state index in [4.69, 9.17) is 4.74 Å². The van der Waals surface area contributed by atoms with Crippen LogP contribution < -0.4 is 15.4 Å². The van der Waals surface area contributed by atoms with Crippen molar-refractivity contribution < 1.29 is 9.84 Å². The van der Waals surface area contributed by atoms with Gasteiger partial charge in [0.15, 0.2) is 5.96 Å². The number of guanidine groups is 1. The van der Waals surface area contributed by atoms with E-state index >= 15 is 0 Å². The fourth-order valence-electron chi connectivity index (χ4n) is 3.59. The summed E-state index contributed by atoms with van der Waals surface area (Å²) in [6.07, 6.45) is 4.58. The Bertz CT molecular complexity index is 562. The summed E-state index contributed by atoms with van der Waals surface area (Å²) in [5.74, 6) is 1.54. The van der Waals surface area contributed by atoms with Crippen molar-refractivity contribution in [2.45, 2.75) is 51.7 Å². The molecule has 3 N–H and O–H groups in total. The zero-order valence-corrected chi connectivity index (χ0v) is 17.1. The normalized spacial score (nSPS) is 19.6. The molecule has 1 aromatic carbocycles. The van der Waals surface area contributed by atoms with E-state index in [2.05, 4.69) is 34.4 Å². The highest BCUT2D eigenvalue weighted by Gasteiger charge is 2.20. The molecule has 1 heterocycles. The molecule has 6 nitrogen and oxygen atoms in total. The first kappa shape index (κ1) is 21.5. The number of benzene rings is 1. The molecular weight excluding hydrogens is 340 g/mol. The van der Waals surface area contributed by atoms with Crippen molar-refractivity contribution in [2.75, 3.05) is 39.8 Å². The number of rotatable bonds is 9. The first-order valence-electron chi connectivity index (χ1n) is 10.3. The van der Waals surface area contributed by atoms with Crippen LogP contribution in [0.1, 0.15) is 51.2 Å². The molecular formula is C21H36N4O2. The standard InChI is InChI=1S/C21H36N4O2/c1-4-18-8-6-7-14-25(18)15-13-23-21(22-5-2)24-16-20(26)17-9-11-19(27-3)12-10-17/h9-12,18,20,26H,4-8,13-16H2,1-3H3,(H2,22,23,24). The fraction of sp³-hybridized carbons (Fsp3) is 0.667. The molecule has 152 valence electrons. The van der Waals surface area contributed by atoms with Gasteiger partial charge >= 0.3 is 0 Å². The number of methoxy groups -OCH3 is 1. The minimum atomic E-state index is -0.627. The van der Waals surface area contributed by atoms with Gasteiger partial charge in [-0.2, -0.15) is 0 Å². The zero-order valence-electron chi connectivity index (χ0n) is 17.1. The first-order chi connectivity index (χ1) is 13.2. The third-order valence-corrected chi connectivity index (χ3v) is 5.18. The lowest BCUT2D eigenvalue weighted by Crippen LogP contribution is -2.46. The highest BCUT2D eigenvalue weighted by atomic mass is 16.5. The maximum absolute atomic E-state index is 10.4. The molecule has 0 radical (unpaired) electrons. The number of aliphatic imine (C=N–C) groups is 1. The monoisotopic (exact) mass is 376 g/mol. The predicted molar refractivity (Wildman–Crippen MR) is 111 cm³/mol. The Kier molecular flexibility index (Phi) is 9.42. The van der Waals surface area contributed by atoms with Crippen molar-refractivity contribution in [1.82, 2.24) is 15.5 Å². The topological polar surface area (TPSA) is 69.1 Å². The number of aliphatic hydroxyl groups excluding tert-OH is 1. The van der Waals surface area contributed by atoms with Gasteiger partial charge in [0.2, 0.25) is 0 Å². The fourth-order valence-corrected chi connectivity index (χ4v) is 3.59. The number of ether oxygens (including phenoxy) is 1. The molecule has 1 fully saturated rings. The van der Waals surface area contributed by atoms with Gasteiger partial charge in [-0.1, -0.05) is 25.5 Å². The largest absolute Gasteiger partial charge is 0.497 e. The van der Waals surface area contributed by atoms with Gasteiger partial charge in [0.1, 0.15) is 5.75 Å². The Morgan fingerprint density at radius 1 is 1.26 bits per heavy atom. The van der Waals surface area contributed by atoms with Gasteiger partial charge in [0.05, 0.1) is 19.8 Å². The van der Waals surface area contributed by atoms with E-state index in [0.717, 1.165) is 42.9 Å². The molecule has 1 saturated heterocycles. The predicted octanol–water partition coefficient (Wildman–Crippen LogP) is 2.55. The molecule has 2 atom stereocenters. The van der Waals surface area contributed by atoms with Crippen molar-refractivity contribution in [1.29, 1.82) is 0 Å². The molecule has 0 bridgehead atoms. The van der Waals surface area contributed by atoms with E-state index in [9.17, 15) is 5.11 Å². The molecule has 1 aromatic rings. The molecule has 1 aliphatic heterocycles. The van der Waals surface area contributed by atoms with E-state index in [0.29, 0.717) is 6.54 Å². The number of aliphatic hydroxyl groups is 1. The number of likely N-dealkylation sites (tertiary alicyclic amines) is 1. The summed E-state index contributed by atoms with van der Waals surface area (Å²) < 4.78 is 5.16. The van der Waals surface area contributed by atoms with Crippen LogP contribution in [-0.2, 0) is 0 Å². The third kappa shape index (κ3) is 7.03. The molecule has 0 saturated carbocycles. The van der Waals surface area contributed by atoms with Gasteiger partial charge < -0.3 is 20.5 Å². The summed E-state index contributed by atoms with van der Waals surface area (Å²) in [6, 6.07) is 8.18. The number of nitrogens with one attached hydrogen (secondary N) is 2. The lowest BCUT2D eigenvalue weighted by Gasteiger charge is -2.35. The summed E-state index contributed by atoms with van der Waals surface area (Å²) in [6.45, 7) is 8.54. The van der Waals surface area contributed by atoms with E-state index in [1.807, 2.05) is 24.3 Å². The van der Waals surface area contributed by atoms with E-state index in [1.54, 1.807) is 7.11 Å². The summed E-state index contributed by atoms with van der Waals surface area (Å²) in [7, 11) is 1.64. The van der Waals surface area contributed by atoms with E-state index in [-0.39, 0.29) is 0 Å². The van der Waals surface area contributed by atoms with Crippen LogP contribution in [0.4, 0.5) is 0 Å². The average molecular weight is 377 g/mol. The van der Waals surface area contributed by atoms with Gasteiger partial charge in [0, 0.05) is 25.7 Å². The van der Waals surface area contributed by atoms with Crippen LogP contribution >= 0.6 is 0 Å². The Hall–Kier alpha value is -1.79. The second-order valence-electron chi connectivity index (χ2n) is 7.03. The summed E-state index contributed by atoms with van der Waals surface area (Å²) in [5, 5.41) is 17.0. The first-order valence-corrected chi connectivity index (χ1v) is 10.3. The van der Waals surface area contributed by atoms with Crippen LogP contribution in [0.5, 0.6) is 5.75 Å². The highest BCUT2D eigenvalue weighted by Crippen LogP contribution is 2.19. The third-order valence-electron chi connectivity index (χ3n) is 5.18. The van der Waals surface area contributed by atoms with Crippen LogP contribution in [0.2, 0.25) is 0 Å². The highest BCUT2D eigenvalue weighted by molar-refractivity contribution is 5.79. The molecule has 0 amide bonds. The molecule has 2 unspecified atom stereocenters. The smallest absolute Gasteiger partial charge is 0.191 e. The molecule has 0 aromatic heterocycles. The van der Waals surface area contributed by atoms with Gasteiger partial charge in [-0.15, -0.1) is 0 Å². The molecule has 2 rings (SSSR count). The summed E-state index contributed by atoms with van der Waals surface area (Å²) in [4.78, 5) is 7.14. The van der Waals surface area contributed by atoms with Crippen molar-refractivity contribution in [3.05, 3.63) is 29.8 Å². The van der Waals surface area contributed by atoms with Crippen molar-refractivity contribution in [3.63, 3.8) is 0 Å². The number of piperidine rings is 1. The van der Waals surface area contributed by atoms with Gasteiger partial charge in [0.25, 0.3) is 0 Å². The minimum Gasteiger partial charge on any atom is -0.497 e. The van der Waals surface area contributed by atoms with E-state index < -0.39 is 6.10 Å². The van der Waals surface area contributed by atoms with Crippen LogP contribution in [0.3, 0.4) is 0 Å². The second-order valence-corrected chi connectivity index (χ2v) is 7.03. The quantitative estimate of drug-likeness (QED) is 0.456. The number of hydrogen-bond donors (Lipinski definition) is 3. The molecule has 0 spiro atoms. The Morgan fingerprint density at radius 2 is 2.04 bits per heavy atom. The Balaban J connectivity index is 1.83. The lowest BCUT2D eigenvalue weighted by molar-refractivity contribution is 0.147. The lowest BCUT2D eigenvalue weighted by atomic mass is 10.0. The molecule has 0 aliphatic carbocycles. The maximum atomic E-state index is 10.4. The van der Waals surface area contributed by atoms with Crippen LogP contribution in [0.15, 0.2) is 29.3 Å². The van der Waals surface area contributed by atoms with Crippen LogP contribution in [0.25, 0.3) is 0 Å². The second kappa shape index (κ2) is 11.8. The summed E-state index contributed by atoms with van der Waals surface area (Å²) >= 11 is 0. The van der Waals surface area contributed by atoms with Crippen molar-refractivity contribution in [2.24, 2.45) is 4.99 Å². The Labute approximate surface area is 164 Å². The van der Waals surface area contributed by atoms with Crippen molar-refractivity contribution >= 4 is 5.96 Å². The van der Waals surface area contributed by atoms with Crippen LogP contribution in [0, 0.1) is 0 Å². The molecule has 27 heavy (non-hydrogen) atoms. The minimum absolute atomic E-state index is 0.322. The number of nitrogens with zero attached hydrogens (tertiary/aromatic N) is 2. The maximum Gasteiger partial charge on any atom is 0.191 e. The van der Waals surface area contributed by atoms with Crippen molar-refractivity contribution in [3.8, 4) is 5.75 Å². The van der Waals surface area contributed by atoms with Crippen LogP contribution in [-0.4, -0.2) is 61.8 Å².